The van der Waals surface area contributed by atoms with Crippen molar-refractivity contribution in [3.63, 3.8) is 0 Å². The number of thioether (sulfide) groups is 1. The van der Waals surface area contributed by atoms with Crippen molar-refractivity contribution in [1.82, 2.24) is 10.6 Å². The van der Waals surface area contributed by atoms with Crippen LogP contribution in [0.15, 0.2) is 0 Å². The maximum Gasteiger partial charge on any atom is 0.327 e. The van der Waals surface area contributed by atoms with Crippen LogP contribution in [0, 0.1) is 12.3 Å². The van der Waals surface area contributed by atoms with Gasteiger partial charge in [0.1, 0.15) is 6.04 Å². The molecule has 1 rings (SSSR count). The Balaban J connectivity index is 2.46. The summed E-state index contributed by atoms with van der Waals surface area (Å²) < 4.78 is 0. The van der Waals surface area contributed by atoms with E-state index in [1.54, 1.807) is 11.8 Å². The molecule has 15 heavy (non-hydrogen) atoms. The summed E-state index contributed by atoms with van der Waals surface area (Å²) in [4.78, 5) is 22.2. The molecule has 0 radical (unpaired) electrons. The van der Waals surface area contributed by atoms with Crippen molar-refractivity contribution in [2.75, 3.05) is 11.6 Å². The topological polar surface area (TPSA) is 78.4 Å². The molecule has 1 fully saturated rings. The van der Waals surface area contributed by atoms with Gasteiger partial charge in [0.2, 0.25) is 5.91 Å². The van der Waals surface area contributed by atoms with E-state index in [-0.39, 0.29) is 18.4 Å². The number of aliphatic carboxylic acids is 1. The molecule has 0 spiro atoms. The smallest absolute Gasteiger partial charge is 0.327 e. The zero-order valence-corrected chi connectivity index (χ0v) is 8.84. The number of carboxylic acid groups (broad SMARTS) is 1. The van der Waals surface area contributed by atoms with E-state index in [0.29, 0.717) is 11.6 Å². The predicted octanol–water partition coefficient (Wildman–Crippen LogP) is -0.758. The molecule has 82 valence electrons. The monoisotopic (exact) mass is 228 g/mol. The molecule has 5 nitrogen and oxygen atoms in total. The number of terminal acetylenes is 1. The lowest BCUT2D eigenvalue weighted by Gasteiger charge is -2.15. The van der Waals surface area contributed by atoms with E-state index in [0.717, 1.165) is 0 Å². The van der Waals surface area contributed by atoms with Crippen LogP contribution in [-0.2, 0) is 9.59 Å². The minimum atomic E-state index is -1.10. The number of carboxylic acids is 1. The van der Waals surface area contributed by atoms with E-state index >= 15 is 0 Å². The molecule has 0 aromatic heterocycles. The highest BCUT2D eigenvalue weighted by Crippen LogP contribution is 2.09. The minimum absolute atomic E-state index is 0.000929. The van der Waals surface area contributed by atoms with E-state index in [4.69, 9.17) is 11.5 Å². The van der Waals surface area contributed by atoms with Gasteiger partial charge in [-0.3, -0.25) is 10.1 Å². The van der Waals surface area contributed by atoms with Crippen LogP contribution in [0.25, 0.3) is 0 Å². The molecule has 3 N–H and O–H groups in total. The number of carbonyl (C=O) groups excluding carboxylic acids is 1. The molecule has 0 aliphatic carbocycles. The third-order valence-electron chi connectivity index (χ3n) is 1.97. The van der Waals surface area contributed by atoms with Crippen LogP contribution in [0.3, 0.4) is 0 Å². The molecule has 2 unspecified atom stereocenters. The Hall–Kier alpha value is -1.19. The molecule has 1 aliphatic rings. The van der Waals surface area contributed by atoms with Gasteiger partial charge in [-0.25, -0.2) is 4.79 Å². The zero-order chi connectivity index (χ0) is 11.3. The molecular formula is C9H12N2O3S. The second kappa shape index (κ2) is 5.63. The third kappa shape index (κ3) is 3.46. The summed E-state index contributed by atoms with van der Waals surface area (Å²) in [5.74, 6) is 2.19. The largest absolute Gasteiger partial charge is 0.480 e. The average molecular weight is 228 g/mol. The van der Waals surface area contributed by atoms with Gasteiger partial charge < -0.3 is 10.4 Å². The average Bonchev–Trinajstić information content (AvgIpc) is 2.69. The molecule has 0 saturated carbocycles. The normalized spacial score (nSPS) is 21.7. The number of rotatable bonds is 4. The van der Waals surface area contributed by atoms with Crippen molar-refractivity contribution in [1.29, 1.82) is 0 Å². The Morgan fingerprint density at radius 3 is 2.93 bits per heavy atom. The molecule has 6 heteroatoms. The number of carbonyl (C=O) groups is 2. The maximum absolute atomic E-state index is 11.5. The van der Waals surface area contributed by atoms with Crippen LogP contribution in [0.5, 0.6) is 0 Å². The van der Waals surface area contributed by atoms with E-state index in [9.17, 15) is 9.59 Å². The van der Waals surface area contributed by atoms with Crippen molar-refractivity contribution in [3.05, 3.63) is 0 Å². The Bertz CT molecular complexity index is 294. The molecule has 1 amide bonds. The van der Waals surface area contributed by atoms with Gasteiger partial charge in [0.15, 0.2) is 0 Å². The number of hydrogen-bond acceptors (Lipinski definition) is 4. The first-order valence-corrected chi connectivity index (χ1v) is 5.58. The minimum Gasteiger partial charge on any atom is -0.480 e. The summed E-state index contributed by atoms with van der Waals surface area (Å²) in [6.45, 7) is 0. The van der Waals surface area contributed by atoms with Gasteiger partial charge in [-0.2, -0.15) is 0 Å². The fourth-order valence-electron chi connectivity index (χ4n) is 1.15. The quantitative estimate of drug-likeness (QED) is 0.551. The molecule has 1 saturated heterocycles. The highest BCUT2D eigenvalue weighted by molar-refractivity contribution is 7.99. The van der Waals surface area contributed by atoms with Crippen molar-refractivity contribution in [2.45, 2.75) is 18.5 Å². The highest BCUT2D eigenvalue weighted by Gasteiger charge is 2.26. The van der Waals surface area contributed by atoms with Crippen LogP contribution in [0.4, 0.5) is 0 Å². The lowest BCUT2D eigenvalue weighted by Crippen LogP contribution is -2.49. The Morgan fingerprint density at radius 1 is 1.73 bits per heavy atom. The molecule has 1 aliphatic heterocycles. The van der Waals surface area contributed by atoms with E-state index in [1.807, 2.05) is 0 Å². The summed E-state index contributed by atoms with van der Waals surface area (Å²) in [5.41, 5.74) is 0. The second-order valence-corrected chi connectivity index (χ2v) is 4.11. The molecular weight excluding hydrogens is 216 g/mol. The first-order valence-electron chi connectivity index (χ1n) is 4.43. The van der Waals surface area contributed by atoms with Crippen molar-refractivity contribution in [2.24, 2.45) is 0 Å². The Kier molecular flexibility index (Phi) is 4.46. The van der Waals surface area contributed by atoms with Crippen molar-refractivity contribution >= 4 is 23.6 Å². The lowest BCUT2D eigenvalue weighted by molar-refractivity contribution is -0.141. The van der Waals surface area contributed by atoms with Crippen LogP contribution < -0.4 is 10.6 Å². The summed E-state index contributed by atoms with van der Waals surface area (Å²) in [7, 11) is 0. The Labute approximate surface area is 92.0 Å². The van der Waals surface area contributed by atoms with Crippen molar-refractivity contribution < 1.29 is 14.7 Å². The van der Waals surface area contributed by atoms with Gasteiger partial charge in [-0.15, -0.1) is 24.1 Å². The molecule has 2 atom stereocenters. The van der Waals surface area contributed by atoms with Gasteiger partial charge in [0.05, 0.1) is 6.04 Å². The van der Waals surface area contributed by atoms with Gasteiger partial charge in [0.25, 0.3) is 0 Å². The van der Waals surface area contributed by atoms with Crippen LogP contribution in [-0.4, -0.2) is 40.7 Å². The summed E-state index contributed by atoms with van der Waals surface area (Å²) in [6, 6.07) is -1.30. The SMILES string of the molecule is C#CCC(NC(=O)C1CSCN1)C(=O)O. The van der Waals surface area contributed by atoms with E-state index in [1.165, 1.54) is 0 Å². The number of hydrogen-bond donors (Lipinski definition) is 3. The number of amides is 1. The van der Waals surface area contributed by atoms with Gasteiger partial charge in [0, 0.05) is 18.1 Å². The maximum atomic E-state index is 11.5. The van der Waals surface area contributed by atoms with Crippen molar-refractivity contribution in [3.8, 4) is 12.3 Å². The van der Waals surface area contributed by atoms with Crippen LogP contribution >= 0.6 is 11.8 Å². The molecule has 1 heterocycles. The predicted molar refractivity (Wildman–Crippen MR) is 57.3 cm³/mol. The second-order valence-electron chi connectivity index (χ2n) is 3.08. The highest BCUT2D eigenvalue weighted by atomic mass is 32.2. The summed E-state index contributed by atoms with van der Waals surface area (Å²) in [6.07, 6.45) is 5.01. The van der Waals surface area contributed by atoms with Crippen LogP contribution in [0.2, 0.25) is 0 Å². The summed E-state index contributed by atoms with van der Waals surface area (Å²) in [5, 5.41) is 14.1. The zero-order valence-electron chi connectivity index (χ0n) is 8.03. The van der Waals surface area contributed by atoms with E-state index in [2.05, 4.69) is 16.6 Å². The van der Waals surface area contributed by atoms with Gasteiger partial charge >= 0.3 is 5.97 Å². The molecule has 0 aromatic rings. The van der Waals surface area contributed by atoms with Crippen LogP contribution in [0.1, 0.15) is 6.42 Å². The van der Waals surface area contributed by atoms with Gasteiger partial charge in [-0.05, 0) is 0 Å². The van der Waals surface area contributed by atoms with Gasteiger partial charge in [-0.1, -0.05) is 0 Å². The standard InChI is InChI=1S/C9H12N2O3S/c1-2-3-6(9(13)14)11-8(12)7-4-15-5-10-7/h1,6-7,10H,3-5H2,(H,11,12)(H,13,14). The summed E-state index contributed by atoms with van der Waals surface area (Å²) >= 11 is 1.60. The number of nitrogens with one attached hydrogen (secondary N) is 2. The first-order chi connectivity index (χ1) is 7.15. The molecule has 0 bridgehead atoms. The first kappa shape index (κ1) is 11.9. The third-order valence-corrected chi connectivity index (χ3v) is 2.91. The fraction of sp³-hybridized carbons (Fsp3) is 0.556. The Morgan fingerprint density at radius 2 is 2.47 bits per heavy atom. The van der Waals surface area contributed by atoms with E-state index < -0.39 is 12.0 Å². The molecule has 0 aromatic carbocycles. The lowest BCUT2D eigenvalue weighted by atomic mass is 10.2. The fourth-order valence-corrected chi connectivity index (χ4v) is 2.10.